The molecule has 2 rings (SSSR count). The minimum absolute atomic E-state index is 0.0739. The summed E-state index contributed by atoms with van der Waals surface area (Å²) < 4.78 is 20.0. The van der Waals surface area contributed by atoms with Crippen molar-refractivity contribution >= 4 is 5.78 Å². The number of ether oxygens (including phenoxy) is 1. The number of ketones is 1. The molecule has 1 aromatic carbocycles. The van der Waals surface area contributed by atoms with Gasteiger partial charge in [-0.3, -0.25) is 9.48 Å². The van der Waals surface area contributed by atoms with Gasteiger partial charge in [0.1, 0.15) is 0 Å². The molecule has 0 amide bonds. The summed E-state index contributed by atoms with van der Waals surface area (Å²) in [5.74, 6) is -0.361. The third kappa shape index (κ3) is 2.81. The number of carbonyl (C=O) groups excluding carboxylic acids is 1. The maximum Gasteiger partial charge on any atom is 0.170 e. The molecule has 0 radical (unpaired) electrons. The topological polar surface area (TPSA) is 44.1 Å². The fourth-order valence-electron chi connectivity index (χ4n) is 1.97. The van der Waals surface area contributed by atoms with Gasteiger partial charge >= 0.3 is 0 Å². The predicted molar refractivity (Wildman–Crippen MR) is 68.9 cm³/mol. The lowest BCUT2D eigenvalue weighted by atomic mass is 10.0. The Labute approximate surface area is 110 Å². The Morgan fingerprint density at radius 1 is 1.47 bits per heavy atom. The fraction of sp³-hybridized carbons (Fsp3) is 0.286. The van der Waals surface area contributed by atoms with Crippen molar-refractivity contribution < 1.29 is 13.9 Å². The van der Waals surface area contributed by atoms with Crippen LogP contribution in [0.4, 0.5) is 4.39 Å². The molecule has 0 N–H and O–H groups in total. The van der Waals surface area contributed by atoms with Gasteiger partial charge in [-0.15, -0.1) is 0 Å². The number of aryl methyl sites for hydroxylation is 2. The van der Waals surface area contributed by atoms with Crippen LogP contribution in [0.15, 0.2) is 24.4 Å². The van der Waals surface area contributed by atoms with Crippen LogP contribution >= 0.6 is 0 Å². The highest BCUT2D eigenvalue weighted by Gasteiger charge is 2.14. The van der Waals surface area contributed by atoms with Crippen molar-refractivity contribution in [3.05, 3.63) is 47.0 Å². The first kappa shape index (κ1) is 13.3. The zero-order valence-corrected chi connectivity index (χ0v) is 11.1. The maximum absolute atomic E-state index is 13.5. The highest BCUT2D eigenvalue weighted by Crippen LogP contribution is 2.19. The van der Waals surface area contributed by atoms with Crippen molar-refractivity contribution in [2.24, 2.45) is 7.05 Å². The number of Topliss-reactive ketones (excluding diaryl/α,β-unsaturated/α-hetero) is 1. The van der Waals surface area contributed by atoms with Gasteiger partial charge in [0.05, 0.1) is 18.4 Å². The summed E-state index contributed by atoms with van der Waals surface area (Å²) in [5, 5.41) is 4.12. The summed E-state index contributed by atoms with van der Waals surface area (Å²) in [5.41, 5.74) is 1.87. The van der Waals surface area contributed by atoms with Crippen LogP contribution in [-0.2, 0) is 13.5 Å². The summed E-state index contributed by atoms with van der Waals surface area (Å²) in [4.78, 5) is 12.1. The van der Waals surface area contributed by atoms with Gasteiger partial charge in [-0.2, -0.15) is 5.10 Å². The van der Waals surface area contributed by atoms with Gasteiger partial charge in [0.25, 0.3) is 0 Å². The molecule has 0 atom stereocenters. The summed E-state index contributed by atoms with van der Waals surface area (Å²) in [7, 11) is 3.17. The van der Waals surface area contributed by atoms with Crippen LogP contribution in [0.25, 0.3) is 0 Å². The number of aromatic nitrogens is 2. The average molecular weight is 262 g/mol. The highest BCUT2D eigenvalue weighted by molar-refractivity contribution is 5.98. The first-order valence-corrected chi connectivity index (χ1v) is 5.87. The van der Waals surface area contributed by atoms with E-state index in [1.807, 2.05) is 0 Å². The number of nitrogens with zero attached hydrogens (tertiary/aromatic N) is 2. The molecular weight excluding hydrogens is 247 g/mol. The molecule has 0 bridgehead atoms. The third-order valence-electron chi connectivity index (χ3n) is 2.89. The molecule has 4 nitrogen and oxygen atoms in total. The van der Waals surface area contributed by atoms with E-state index in [4.69, 9.17) is 4.74 Å². The van der Waals surface area contributed by atoms with Crippen LogP contribution < -0.4 is 4.74 Å². The normalized spacial score (nSPS) is 10.5. The highest BCUT2D eigenvalue weighted by atomic mass is 19.1. The molecule has 0 aliphatic rings. The monoisotopic (exact) mass is 262 g/mol. The molecule has 0 fully saturated rings. The zero-order chi connectivity index (χ0) is 14.0. The average Bonchev–Trinajstić information content (AvgIpc) is 2.69. The summed E-state index contributed by atoms with van der Waals surface area (Å²) in [6.45, 7) is 1.78. The van der Waals surface area contributed by atoms with Gasteiger partial charge < -0.3 is 4.74 Å². The Morgan fingerprint density at radius 3 is 2.74 bits per heavy atom. The van der Waals surface area contributed by atoms with E-state index in [1.165, 1.54) is 19.2 Å². The molecule has 0 aliphatic carbocycles. The minimum Gasteiger partial charge on any atom is -0.494 e. The van der Waals surface area contributed by atoms with Gasteiger partial charge in [-0.05, 0) is 24.6 Å². The van der Waals surface area contributed by atoms with E-state index in [9.17, 15) is 9.18 Å². The number of carbonyl (C=O) groups is 1. The summed E-state index contributed by atoms with van der Waals surface area (Å²) in [6.07, 6.45) is 1.82. The van der Waals surface area contributed by atoms with Crippen LogP contribution in [0.5, 0.6) is 5.75 Å². The Morgan fingerprint density at radius 2 is 2.21 bits per heavy atom. The second-order valence-electron chi connectivity index (χ2n) is 4.37. The van der Waals surface area contributed by atoms with E-state index < -0.39 is 5.82 Å². The maximum atomic E-state index is 13.5. The zero-order valence-electron chi connectivity index (χ0n) is 11.1. The van der Waals surface area contributed by atoms with Crippen LogP contribution in [0.1, 0.15) is 21.6 Å². The second kappa shape index (κ2) is 5.22. The Kier molecular flexibility index (Phi) is 3.64. The largest absolute Gasteiger partial charge is 0.494 e. The third-order valence-corrected chi connectivity index (χ3v) is 2.89. The molecule has 19 heavy (non-hydrogen) atoms. The summed E-state index contributed by atoms with van der Waals surface area (Å²) in [6, 6.07) is 4.53. The van der Waals surface area contributed by atoms with Crippen molar-refractivity contribution in [1.82, 2.24) is 9.78 Å². The van der Waals surface area contributed by atoms with Crippen LogP contribution in [-0.4, -0.2) is 22.7 Å². The molecule has 1 heterocycles. The van der Waals surface area contributed by atoms with Crippen molar-refractivity contribution in [2.45, 2.75) is 13.3 Å². The van der Waals surface area contributed by atoms with Gasteiger partial charge in [0.15, 0.2) is 17.3 Å². The van der Waals surface area contributed by atoms with Gasteiger partial charge in [-0.25, -0.2) is 4.39 Å². The van der Waals surface area contributed by atoms with Crippen LogP contribution in [0.2, 0.25) is 0 Å². The molecule has 100 valence electrons. The molecule has 5 heteroatoms. The smallest absolute Gasteiger partial charge is 0.170 e. The van der Waals surface area contributed by atoms with Crippen LogP contribution in [0.3, 0.4) is 0 Å². The summed E-state index contributed by atoms with van der Waals surface area (Å²) >= 11 is 0. The van der Waals surface area contributed by atoms with Crippen molar-refractivity contribution in [3.63, 3.8) is 0 Å². The standard InChI is InChI=1S/C14H15FN2O2/c1-9-11(8-17(2)16-9)13(18)7-10-4-5-14(19-3)12(15)6-10/h4-6,8H,7H2,1-3H3. The van der Waals surface area contributed by atoms with Gasteiger partial charge in [-0.1, -0.05) is 6.07 Å². The molecule has 1 aromatic heterocycles. The molecule has 2 aromatic rings. The SMILES string of the molecule is COc1ccc(CC(=O)c2cn(C)nc2C)cc1F. The predicted octanol–water partition coefficient (Wildman–Crippen LogP) is 2.30. The van der Waals surface area contributed by atoms with E-state index in [2.05, 4.69) is 5.10 Å². The molecule has 0 aliphatic heterocycles. The fourth-order valence-corrected chi connectivity index (χ4v) is 1.97. The lowest BCUT2D eigenvalue weighted by Gasteiger charge is -2.04. The van der Waals surface area contributed by atoms with Crippen molar-refractivity contribution in [3.8, 4) is 5.75 Å². The van der Waals surface area contributed by atoms with E-state index in [0.717, 1.165) is 0 Å². The van der Waals surface area contributed by atoms with Gasteiger partial charge in [0, 0.05) is 19.7 Å². The molecule has 0 unspecified atom stereocenters. The van der Waals surface area contributed by atoms with Crippen molar-refractivity contribution in [1.29, 1.82) is 0 Å². The number of hydrogen-bond donors (Lipinski definition) is 0. The first-order valence-electron chi connectivity index (χ1n) is 5.87. The van der Waals surface area contributed by atoms with E-state index in [0.29, 0.717) is 16.8 Å². The molecule has 0 saturated heterocycles. The lowest BCUT2D eigenvalue weighted by Crippen LogP contribution is -2.04. The minimum atomic E-state index is -0.462. The number of methoxy groups -OCH3 is 1. The molecule has 0 spiro atoms. The molecular formula is C14H15FN2O2. The number of benzene rings is 1. The Balaban J connectivity index is 2.19. The van der Waals surface area contributed by atoms with E-state index in [-0.39, 0.29) is 18.0 Å². The van der Waals surface area contributed by atoms with E-state index in [1.54, 1.807) is 30.9 Å². The lowest BCUT2D eigenvalue weighted by molar-refractivity contribution is 0.0992. The van der Waals surface area contributed by atoms with E-state index >= 15 is 0 Å². The second-order valence-corrected chi connectivity index (χ2v) is 4.37. The Bertz CT molecular complexity index is 620. The Hall–Kier alpha value is -2.17. The van der Waals surface area contributed by atoms with Crippen molar-refractivity contribution in [2.75, 3.05) is 7.11 Å². The number of rotatable bonds is 4. The number of hydrogen-bond acceptors (Lipinski definition) is 3. The molecule has 0 saturated carbocycles. The first-order chi connectivity index (χ1) is 9.01. The van der Waals surface area contributed by atoms with Gasteiger partial charge in [0.2, 0.25) is 0 Å². The quantitative estimate of drug-likeness (QED) is 0.794. The van der Waals surface area contributed by atoms with Crippen LogP contribution in [0, 0.1) is 12.7 Å². The number of halogens is 1.